The van der Waals surface area contributed by atoms with Crippen molar-refractivity contribution in [3.05, 3.63) is 52.0 Å². The number of benzene rings is 1. The Labute approximate surface area is 132 Å². The summed E-state index contributed by atoms with van der Waals surface area (Å²) >= 11 is 1.15. The maximum absolute atomic E-state index is 12.0. The third kappa shape index (κ3) is 4.14. The van der Waals surface area contributed by atoms with Crippen LogP contribution in [-0.2, 0) is 20.9 Å². The third-order valence-electron chi connectivity index (χ3n) is 2.95. The van der Waals surface area contributed by atoms with Gasteiger partial charge in [-0.3, -0.25) is 4.79 Å². The molecule has 2 aromatic rings. The van der Waals surface area contributed by atoms with Crippen LogP contribution in [0, 0.1) is 0 Å². The lowest BCUT2D eigenvalue weighted by atomic mass is 10.2. The SMILES string of the molecule is CCOC(=O)c1cnc([C@H](C)C(=O)OCc2ccccc2)s1. The molecule has 1 aromatic heterocycles. The number of esters is 2. The zero-order valence-electron chi connectivity index (χ0n) is 12.4. The monoisotopic (exact) mass is 319 g/mol. The number of carbonyl (C=O) groups is 2. The predicted octanol–water partition coefficient (Wildman–Crippen LogP) is 3.17. The molecule has 0 aliphatic heterocycles. The lowest BCUT2D eigenvalue weighted by molar-refractivity contribution is -0.146. The van der Waals surface area contributed by atoms with Gasteiger partial charge in [-0.15, -0.1) is 11.3 Å². The van der Waals surface area contributed by atoms with Gasteiger partial charge in [0.05, 0.1) is 12.8 Å². The van der Waals surface area contributed by atoms with Crippen molar-refractivity contribution >= 4 is 23.3 Å². The lowest BCUT2D eigenvalue weighted by Gasteiger charge is -2.09. The van der Waals surface area contributed by atoms with E-state index in [9.17, 15) is 9.59 Å². The average Bonchev–Trinajstić information content (AvgIpc) is 3.03. The standard InChI is InChI=1S/C16H17NO4S/c1-3-20-16(19)13-9-17-14(22-13)11(2)15(18)21-10-12-7-5-4-6-8-12/h4-9,11H,3,10H2,1-2H3/t11-/m0/s1. The van der Waals surface area contributed by atoms with E-state index in [-0.39, 0.29) is 12.6 Å². The molecule has 6 heteroatoms. The Morgan fingerprint density at radius 1 is 1.23 bits per heavy atom. The van der Waals surface area contributed by atoms with Gasteiger partial charge in [-0.1, -0.05) is 30.3 Å². The molecule has 5 nitrogen and oxygen atoms in total. The second kappa shape index (κ2) is 7.70. The van der Waals surface area contributed by atoms with Gasteiger partial charge in [0.2, 0.25) is 0 Å². The van der Waals surface area contributed by atoms with Crippen molar-refractivity contribution < 1.29 is 19.1 Å². The highest BCUT2D eigenvalue weighted by molar-refractivity contribution is 7.13. The zero-order valence-corrected chi connectivity index (χ0v) is 13.3. The minimum absolute atomic E-state index is 0.222. The summed E-state index contributed by atoms with van der Waals surface area (Å²) in [5, 5.41) is 0.543. The number of hydrogen-bond acceptors (Lipinski definition) is 6. The Hall–Kier alpha value is -2.21. The molecular weight excluding hydrogens is 302 g/mol. The minimum Gasteiger partial charge on any atom is -0.462 e. The third-order valence-corrected chi connectivity index (χ3v) is 4.11. The number of hydrogen-bond donors (Lipinski definition) is 0. The van der Waals surface area contributed by atoms with Crippen LogP contribution in [0.25, 0.3) is 0 Å². The minimum atomic E-state index is -0.517. The molecule has 1 atom stereocenters. The van der Waals surface area contributed by atoms with Crippen LogP contribution in [0.15, 0.2) is 36.5 Å². The van der Waals surface area contributed by atoms with Gasteiger partial charge in [0, 0.05) is 0 Å². The van der Waals surface area contributed by atoms with Gasteiger partial charge < -0.3 is 9.47 Å². The first-order valence-corrected chi connectivity index (χ1v) is 7.77. The normalized spacial score (nSPS) is 11.7. The summed E-state index contributed by atoms with van der Waals surface area (Å²) in [4.78, 5) is 28.1. The van der Waals surface area contributed by atoms with E-state index in [4.69, 9.17) is 9.47 Å². The van der Waals surface area contributed by atoms with Crippen molar-refractivity contribution in [2.24, 2.45) is 0 Å². The summed E-state index contributed by atoms with van der Waals surface area (Å²) in [5.74, 6) is -1.30. The zero-order chi connectivity index (χ0) is 15.9. The largest absolute Gasteiger partial charge is 0.462 e. The number of thiazole rings is 1. The molecule has 0 spiro atoms. The highest BCUT2D eigenvalue weighted by Crippen LogP contribution is 2.23. The van der Waals surface area contributed by atoms with E-state index in [1.165, 1.54) is 6.20 Å². The molecule has 0 fully saturated rings. The van der Waals surface area contributed by atoms with E-state index in [1.807, 2.05) is 30.3 Å². The van der Waals surface area contributed by atoms with Crippen LogP contribution in [0.1, 0.15) is 40.0 Å². The fraction of sp³-hybridized carbons (Fsp3) is 0.312. The molecule has 0 saturated heterocycles. The number of nitrogens with zero attached hydrogens (tertiary/aromatic N) is 1. The van der Waals surface area contributed by atoms with Gasteiger partial charge in [0.1, 0.15) is 22.4 Å². The van der Waals surface area contributed by atoms with Gasteiger partial charge in [-0.2, -0.15) is 0 Å². The van der Waals surface area contributed by atoms with Crippen LogP contribution in [-0.4, -0.2) is 23.5 Å². The predicted molar refractivity (Wildman–Crippen MR) is 82.7 cm³/mol. The van der Waals surface area contributed by atoms with Crippen molar-refractivity contribution in [1.29, 1.82) is 0 Å². The topological polar surface area (TPSA) is 65.5 Å². The summed E-state index contributed by atoms with van der Waals surface area (Å²) in [6, 6.07) is 9.46. The Kier molecular flexibility index (Phi) is 5.66. The van der Waals surface area contributed by atoms with Gasteiger partial charge in [0.25, 0.3) is 0 Å². The quantitative estimate of drug-likeness (QED) is 0.765. The van der Waals surface area contributed by atoms with Crippen LogP contribution >= 0.6 is 11.3 Å². The molecular formula is C16H17NO4S. The van der Waals surface area contributed by atoms with E-state index in [0.717, 1.165) is 16.9 Å². The Morgan fingerprint density at radius 3 is 2.64 bits per heavy atom. The first-order valence-electron chi connectivity index (χ1n) is 6.95. The molecule has 2 rings (SSSR count). The van der Waals surface area contributed by atoms with Crippen molar-refractivity contribution in [1.82, 2.24) is 4.98 Å². The maximum atomic E-state index is 12.0. The molecule has 116 valence electrons. The first-order chi connectivity index (χ1) is 10.6. The van der Waals surface area contributed by atoms with Crippen molar-refractivity contribution in [2.45, 2.75) is 26.4 Å². The molecule has 1 heterocycles. The molecule has 0 N–H and O–H groups in total. The number of aromatic nitrogens is 1. The van der Waals surface area contributed by atoms with E-state index in [0.29, 0.717) is 16.5 Å². The molecule has 0 saturated carbocycles. The van der Waals surface area contributed by atoms with Crippen LogP contribution in [0.5, 0.6) is 0 Å². The van der Waals surface area contributed by atoms with Crippen molar-refractivity contribution in [3.63, 3.8) is 0 Å². The van der Waals surface area contributed by atoms with Gasteiger partial charge in [-0.25, -0.2) is 9.78 Å². The molecule has 1 aromatic carbocycles. The van der Waals surface area contributed by atoms with E-state index >= 15 is 0 Å². The van der Waals surface area contributed by atoms with Crippen LogP contribution in [0.3, 0.4) is 0 Å². The maximum Gasteiger partial charge on any atom is 0.349 e. The van der Waals surface area contributed by atoms with Gasteiger partial charge in [-0.05, 0) is 19.4 Å². The van der Waals surface area contributed by atoms with Gasteiger partial charge >= 0.3 is 11.9 Å². The summed E-state index contributed by atoms with van der Waals surface area (Å²) < 4.78 is 10.2. The second-order valence-electron chi connectivity index (χ2n) is 4.60. The summed E-state index contributed by atoms with van der Waals surface area (Å²) in [7, 11) is 0. The number of carbonyl (C=O) groups excluding carboxylic acids is 2. The number of rotatable bonds is 6. The van der Waals surface area contributed by atoms with Crippen LogP contribution < -0.4 is 0 Å². The summed E-state index contributed by atoms with van der Waals surface area (Å²) in [6.45, 7) is 3.98. The van der Waals surface area contributed by atoms with E-state index < -0.39 is 11.9 Å². The molecule has 0 bridgehead atoms. The van der Waals surface area contributed by atoms with E-state index in [1.54, 1.807) is 13.8 Å². The molecule has 0 unspecified atom stereocenters. The smallest absolute Gasteiger partial charge is 0.349 e. The Bertz CT molecular complexity index is 639. The summed E-state index contributed by atoms with van der Waals surface area (Å²) in [5.41, 5.74) is 0.925. The first kappa shape index (κ1) is 16.2. The van der Waals surface area contributed by atoms with Crippen LogP contribution in [0.2, 0.25) is 0 Å². The highest BCUT2D eigenvalue weighted by Gasteiger charge is 2.22. The second-order valence-corrected chi connectivity index (χ2v) is 5.66. The average molecular weight is 319 g/mol. The number of ether oxygens (including phenoxy) is 2. The van der Waals surface area contributed by atoms with Crippen LogP contribution in [0.4, 0.5) is 0 Å². The molecule has 0 amide bonds. The van der Waals surface area contributed by atoms with Crippen molar-refractivity contribution in [3.8, 4) is 0 Å². The fourth-order valence-corrected chi connectivity index (χ4v) is 2.59. The van der Waals surface area contributed by atoms with E-state index in [2.05, 4.69) is 4.98 Å². The van der Waals surface area contributed by atoms with Crippen molar-refractivity contribution in [2.75, 3.05) is 6.61 Å². The Balaban J connectivity index is 1.94. The molecule has 22 heavy (non-hydrogen) atoms. The summed E-state index contributed by atoms with van der Waals surface area (Å²) in [6.07, 6.45) is 1.43. The Morgan fingerprint density at radius 2 is 1.95 bits per heavy atom. The molecule has 0 radical (unpaired) electrons. The highest BCUT2D eigenvalue weighted by atomic mass is 32.1. The molecule has 0 aliphatic rings. The fourth-order valence-electron chi connectivity index (χ4n) is 1.74. The molecule has 0 aliphatic carbocycles. The lowest BCUT2D eigenvalue weighted by Crippen LogP contribution is -2.12. The van der Waals surface area contributed by atoms with Gasteiger partial charge in [0.15, 0.2) is 0 Å².